The van der Waals surface area contributed by atoms with Crippen molar-refractivity contribution >= 4 is 11.4 Å². The number of rotatable bonds is 2. The average molecular weight is 207 g/mol. The molecule has 0 saturated carbocycles. The van der Waals surface area contributed by atoms with Crippen LogP contribution in [0, 0.1) is 11.6 Å². The average Bonchev–Trinajstić information content (AvgIpc) is 2.25. The Bertz CT molecular complexity index is 459. The van der Waals surface area contributed by atoms with Crippen molar-refractivity contribution in [3.8, 4) is 0 Å². The van der Waals surface area contributed by atoms with Crippen LogP contribution in [0.4, 0.5) is 20.2 Å². The summed E-state index contributed by atoms with van der Waals surface area (Å²) in [6, 6.07) is 3.19. The van der Waals surface area contributed by atoms with Gasteiger partial charge in [0.25, 0.3) is 0 Å². The van der Waals surface area contributed by atoms with E-state index in [4.69, 9.17) is 0 Å². The number of nitrogens with zero attached hydrogens (tertiary/aromatic N) is 2. The van der Waals surface area contributed by atoms with Crippen molar-refractivity contribution in [3.05, 3.63) is 48.6 Å². The molecule has 0 bridgehead atoms. The van der Waals surface area contributed by atoms with Crippen LogP contribution in [0.3, 0.4) is 0 Å². The summed E-state index contributed by atoms with van der Waals surface area (Å²) in [6.45, 7) is 0. The Kier molecular flexibility index (Phi) is 2.53. The third kappa shape index (κ3) is 2.25. The van der Waals surface area contributed by atoms with Crippen molar-refractivity contribution in [1.29, 1.82) is 0 Å². The third-order valence-electron chi connectivity index (χ3n) is 1.77. The number of anilines is 2. The summed E-state index contributed by atoms with van der Waals surface area (Å²) in [5.41, 5.74) is 0.562. The third-order valence-corrected chi connectivity index (χ3v) is 1.77. The smallest absolute Gasteiger partial charge is 0.146 e. The van der Waals surface area contributed by atoms with Gasteiger partial charge in [-0.05, 0) is 12.1 Å². The molecule has 1 aromatic heterocycles. The molecule has 76 valence electrons. The summed E-state index contributed by atoms with van der Waals surface area (Å²) in [5, 5.41) is 2.67. The van der Waals surface area contributed by atoms with Crippen LogP contribution in [0.15, 0.2) is 36.9 Å². The van der Waals surface area contributed by atoms with E-state index in [2.05, 4.69) is 15.3 Å². The van der Waals surface area contributed by atoms with Gasteiger partial charge in [-0.2, -0.15) is 0 Å². The van der Waals surface area contributed by atoms with E-state index in [1.807, 2.05) is 0 Å². The van der Waals surface area contributed by atoms with Gasteiger partial charge in [0, 0.05) is 6.07 Å². The Morgan fingerprint density at radius 2 is 1.80 bits per heavy atom. The first-order valence-electron chi connectivity index (χ1n) is 4.23. The molecule has 0 aliphatic heterocycles. The van der Waals surface area contributed by atoms with Crippen molar-refractivity contribution in [2.75, 3.05) is 5.32 Å². The highest BCUT2D eigenvalue weighted by atomic mass is 19.1. The molecule has 0 fully saturated rings. The standard InChI is InChI=1S/C10H7F2N3/c11-7-1-2-9(12)10(3-7)15-8-4-13-6-14-5-8/h1-6,15H. The molecule has 1 heterocycles. The Labute approximate surface area is 84.8 Å². The highest BCUT2D eigenvalue weighted by molar-refractivity contribution is 5.58. The minimum absolute atomic E-state index is 0.0600. The summed E-state index contributed by atoms with van der Waals surface area (Å²) in [4.78, 5) is 7.49. The van der Waals surface area contributed by atoms with Gasteiger partial charge in [-0.1, -0.05) is 0 Å². The summed E-state index contributed by atoms with van der Waals surface area (Å²) in [7, 11) is 0. The molecule has 0 aliphatic carbocycles. The molecule has 0 saturated heterocycles. The minimum Gasteiger partial charge on any atom is -0.351 e. The van der Waals surface area contributed by atoms with Crippen LogP contribution in [0.1, 0.15) is 0 Å². The van der Waals surface area contributed by atoms with Gasteiger partial charge in [0.1, 0.15) is 18.0 Å². The van der Waals surface area contributed by atoms with E-state index < -0.39 is 11.6 Å². The largest absolute Gasteiger partial charge is 0.351 e. The van der Waals surface area contributed by atoms with E-state index in [-0.39, 0.29) is 5.69 Å². The summed E-state index contributed by atoms with van der Waals surface area (Å²) in [6.07, 6.45) is 4.29. The lowest BCUT2D eigenvalue weighted by Crippen LogP contribution is -1.95. The zero-order valence-corrected chi connectivity index (χ0v) is 7.61. The van der Waals surface area contributed by atoms with Gasteiger partial charge < -0.3 is 5.32 Å². The maximum Gasteiger partial charge on any atom is 0.146 e. The quantitative estimate of drug-likeness (QED) is 0.822. The molecule has 0 radical (unpaired) electrons. The predicted molar refractivity (Wildman–Crippen MR) is 51.7 cm³/mol. The monoisotopic (exact) mass is 207 g/mol. The Hall–Kier alpha value is -2.04. The van der Waals surface area contributed by atoms with E-state index in [1.165, 1.54) is 18.7 Å². The molecule has 1 N–H and O–H groups in total. The van der Waals surface area contributed by atoms with E-state index in [1.54, 1.807) is 0 Å². The molecule has 5 heteroatoms. The lowest BCUT2D eigenvalue weighted by molar-refractivity contribution is 0.603. The Morgan fingerprint density at radius 1 is 1.07 bits per heavy atom. The molecule has 3 nitrogen and oxygen atoms in total. The second-order valence-corrected chi connectivity index (χ2v) is 2.88. The normalized spacial score (nSPS) is 10.0. The SMILES string of the molecule is Fc1ccc(F)c(Nc2cncnc2)c1. The maximum absolute atomic E-state index is 13.2. The van der Waals surface area contributed by atoms with Crippen LogP contribution in [0.25, 0.3) is 0 Å². The number of hydrogen-bond donors (Lipinski definition) is 1. The van der Waals surface area contributed by atoms with Gasteiger partial charge in [0.2, 0.25) is 0 Å². The lowest BCUT2D eigenvalue weighted by atomic mass is 10.3. The van der Waals surface area contributed by atoms with Crippen LogP contribution in [0.5, 0.6) is 0 Å². The second kappa shape index (κ2) is 4.00. The molecule has 0 unspecified atom stereocenters. The van der Waals surface area contributed by atoms with E-state index in [9.17, 15) is 8.78 Å². The molecule has 1 aromatic carbocycles. The second-order valence-electron chi connectivity index (χ2n) is 2.88. The topological polar surface area (TPSA) is 37.8 Å². The molecule has 0 aliphatic rings. The first kappa shape index (κ1) is 9.51. The molecule has 2 aromatic rings. The zero-order chi connectivity index (χ0) is 10.7. The molecule has 0 spiro atoms. The van der Waals surface area contributed by atoms with E-state index in [0.29, 0.717) is 5.69 Å². The molecular formula is C10H7F2N3. The van der Waals surface area contributed by atoms with Gasteiger partial charge >= 0.3 is 0 Å². The number of benzene rings is 1. The van der Waals surface area contributed by atoms with Gasteiger partial charge in [-0.3, -0.25) is 0 Å². The fraction of sp³-hybridized carbons (Fsp3) is 0. The summed E-state index contributed by atoms with van der Waals surface area (Å²) in [5.74, 6) is -1.03. The molecule has 2 rings (SSSR count). The number of aromatic nitrogens is 2. The van der Waals surface area contributed by atoms with Crippen molar-refractivity contribution in [2.45, 2.75) is 0 Å². The van der Waals surface area contributed by atoms with Crippen LogP contribution in [-0.2, 0) is 0 Å². The molecular weight excluding hydrogens is 200 g/mol. The highest BCUT2D eigenvalue weighted by Gasteiger charge is 2.03. The van der Waals surface area contributed by atoms with Crippen molar-refractivity contribution in [2.24, 2.45) is 0 Å². The van der Waals surface area contributed by atoms with Gasteiger partial charge in [0.05, 0.1) is 23.8 Å². The number of nitrogens with one attached hydrogen (secondary N) is 1. The molecule has 0 atom stereocenters. The zero-order valence-electron chi connectivity index (χ0n) is 7.61. The van der Waals surface area contributed by atoms with Crippen molar-refractivity contribution in [1.82, 2.24) is 9.97 Å². The fourth-order valence-electron chi connectivity index (χ4n) is 1.11. The van der Waals surface area contributed by atoms with Gasteiger partial charge in [-0.25, -0.2) is 18.7 Å². The summed E-state index contributed by atoms with van der Waals surface area (Å²) >= 11 is 0. The number of hydrogen-bond acceptors (Lipinski definition) is 3. The van der Waals surface area contributed by atoms with E-state index in [0.717, 1.165) is 18.2 Å². The highest BCUT2D eigenvalue weighted by Crippen LogP contribution is 2.19. The molecule has 15 heavy (non-hydrogen) atoms. The maximum atomic E-state index is 13.2. The van der Waals surface area contributed by atoms with Crippen LogP contribution in [0.2, 0.25) is 0 Å². The predicted octanol–water partition coefficient (Wildman–Crippen LogP) is 2.50. The van der Waals surface area contributed by atoms with E-state index >= 15 is 0 Å². The fourth-order valence-corrected chi connectivity index (χ4v) is 1.11. The number of halogens is 2. The summed E-state index contributed by atoms with van der Waals surface area (Å²) < 4.78 is 26.0. The van der Waals surface area contributed by atoms with Crippen molar-refractivity contribution < 1.29 is 8.78 Å². The molecule has 0 amide bonds. The Balaban J connectivity index is 2.28. The van der Waals surface area contributed by atoms with Gasteiger partial charge in [-0.15, -0.1) is 0 Å². The first-order chi connectivity index (χ1) is 7.25. The first-order valence-corrected chi connectivity index (χ1v) is 4.23. The van der Waals surface area contributed by atoms with Crippen LogP contribution in [-0.4, -0.2) is 9.97 Å². The minimum atomic E-state index is -0.528. The van der Waals surface area contributed by atoms with Crippen molar-refractivity contribution in [3.63, 3.8) is 0 Å². The Morgan fingerprint density at radius 3 is 2.53 bits per heavy atom. The van der Waals surface area contributed by atoms with Crippen LogP contribution >= 0.6 is 0 Å². The van der Waals surface area contributed by atoms with Gasteiger partial charge in [0.15, 0.2) is 0 Å². The van der Waals surface area contributed by atoms with Crippen LogP contribution < -0.4 is 5.32 Å². The lowest BCUT2D eigenvalue weighted by Gasteiger charge is -2.05.